The van der Waals surface area contributed by atoms with Crippen LogP contribution in [0.2, 0.25) is 0 Å². The molecule has 1 aliphatic heterocycles. The van der Waals surface area contributed by atoms with Crippen LogP contribution in [-0.4, -0.2) is 32.9 Å². The third-order valence-corrected chi connectivity index (χ3v) is 15.0. The van der Waals surface area contributed by atoms with Gasteiger partial charge in [0, 0.05) is 33.8 Å². The summed E-state index contributed by atoms with van der Waals surface area (Å²) < 4.78 is 10.9. The average molecular weight is 781 g/mol. The molecule has 6 heteroatoms. The first kappa shape index (κ1) is 46.5. The van der Waals surface area contributed by atoms with E-state index in [-0.39, 0.29) is 11.9 Å². The van der Waals surface area contributed by atoms with Gasteiger partial charge in [0.25, 0.3) is 0 Å². The van der Waals surface area contributed by atoms with E-state index in [9.17, 15) is 9.59 Å². The Hall–Kier alpha value is -1.92. The standard InChI is InChI=1S/C48H76O4S2/c1-5-9-11-21-33-43-45(35-23-17-13-15-19-27-39-29-25-31-41(37-39)51-47(49)7-3)54-46(44(53-43)34-22-12-10-6-2)36-24-18-14-16-20-28-40-30-26-32-42(38-40)52-48(50)8-4/h25-26,29-32,37-38,43-46H,5-24,27-28,33-36H2,1-4H3. The number of ether oxygens (including phenoxy) is 2. The van der Waals surface area contributed by atoms with Crippen LogP contribution in [0.5, 0.6) is 11.5 Å². The largest absolute Gasteiger partial charge is 0.427 e. The van der Waals surface area contributed by atoms with Gasteiger partial charge in [-0.05, 0) is 86.8 Å². The van der Waals surface area contributed by atoms with Crippen LogP contribution in [0.25, 0.3) is 0 Å². The highest BCUT2D eigenvalue weighted by Gasteiger charge is 2.37. The second-order valence-corrected chi connectivity index (χ2v) is 18.7. The fraction of sp³-hybridized carbons (Fsp3) is 0.708. The molecule has 0 spiro atoms. The molecule has 0 aromatic heterocycles. The zero-order valence-corrected chi connectivity index (χ0v) is 36.4. The molecular weight excluding hydrogens is 705 g/mol. The van der Waals surface area contributed by atoms with Gasteiger partial charge in [0.05, 0.1) is 0 Å². The maximum atomic E-state index is 11.7. The quantitative estimate of drug-likeness (QED) is 0.0447. The van der Waals surface area contributed by atoms with E-state index in [2.05, 4.69) is 49.5 Å². The molecule has 1 saturated heterocycles. The Balaban J connectivity index is 1.44. The van der Waals surface area contributed by atoms with Crippen LogP contribution >= 0.6 is 23.5 Å². The van der Waals surface area contributed by atoms with E-state index in [1.54, 1.807) is 0 Å². The number of hydrogen-bond donors (Lipinski definition) is 0. The Morgan fingerprint density at radius 3 is 1.15 bits per heavy atom. The maximum absolute atomic E-state index is 11.7. The van der Waals surface area contributed by atoms with E-state index in [0.717, 1.165) is 33.8 Å². The maximum Gasteiger partial charge on any atom is 0.310 e. The van der Waals surface area contributed by atoms with Gasteiger partial charge in [-0.1, -0.05) is 155 Å². The van der Waals surface area contributed by atoms with Crippen molar-refractivity contribution in [1.29, 1.82) is 0 Å². The van der Waals surface area contributed by atoms with E-state index in [1.165, 1.54) is 152 Å². The minimum Gasteiger partial charge on any atom is -0.427 e. The molecular formula is C48H76O4S2. The van der Waals surface area contributed by atoms with Crippen molar-refractivity contribution in [3.63, 3.8) is 0 Å². The molecule has 1 fully saturated rings. The summed E-state index contributed by atoms with van der Waals surface area (Å²) in [5.41, 5.74) is 2.54. The SMILES string of the molecule is CCCCCCC1SC(CCCCCC)C(CCCCCCCc2cccc(OC(=O)CC)c2)SC1CCCCCCCc1cccc(OC(=O)CC)c1. The van der Waals surface area contributed by atoms with Crippen LogP contribution in [0.4, 0.5) is 0 Å². The summed E-state index contributed by atoms with van der Waals surface area (Å²) in [6.07, 6.45) is 32.5. The smallest absolute Gasteiger partial charge is 0.310 e. The van der Waals surface area contributed by atoms with Gasteiger partial charge in [-0.2, -0.15) is 23.5 Å². The Bertz CT molecular complexity index is 1190. The van der Waals surface area contributed by atoms with Gasteiger partial charge < -0.3 is 9.47 Å². The van der Waals surface area contributed by atoms with Crippen LogP contribution in [0, 0.1) is 0 Å². The highest BCUT2D eigenvalue weighted by atomic mass is 32.2. The van der Waals surface area contributed by atoms with Crippen molar-refractivity contribution in [2.24, 2.45) is 0 Å². The van der Waals surface area contributed by atoms with Crippen LogP contribution in [-0.2, 0) is 22.4 Å². The number of rotatable bonds is 30. The summed E-state index contributed by atoms with van der Waals surface area (Å²) in [6, 6.07) is 16.2. The van der Waals surface area contributed by atoms with E-state index >= 15 is 0 Å². The Morgan fingerprint density at radius 2 is 0.796 bits per heavy atom. The molecule has 0 radical (unpaired) electrons. The Kier molecular flexibility index (Phi) is 25.2. The number of thioether (sulfide) groups is 2. The Morgan fingerprint density at radius 1 is 0.463 bits per heavy atom. The topological polar surface area (TPSA) is 52.6 Å². The van der Waals surface area contributed by atoms with Crippen LogP contribution in [0.3, 0.4) is 0 Å². The normalized spacial score (nSPS) is 18.4. The van der Waals surface area contributed by atoms with Crippen molar-refractivity contribution in [3.8, 4) is 11.5 Å². The number of aryl methyl sites for hydroxylation is 2. The molecule has 1 heterocycles. The third-order valence-electron chi connectivity index (χ3n) is 11.0. The second-order valence-electron chi connectivity index (χ2n) is 15.7. The fourth-order valence-electron chi connectivity index (χ4n) is 7.71. The van der Waals surface area contributed by atoms with Gasteiger partial charge in [0.2, 0.25) is 0 Å². The first-order chi connectivity index (χ1) is 26.4. The number of carbonyl (C=O) groups is 2. The number of unbranched alkanes of at least 4 members (excludes halogenated alkanes) is 14. The minimum atomic E-state index is -0.168. The van der Waals surface area contributed by atoms with E-state index < -0.39 is 0 Å². The number of esters is 2. The zero-order chi connectivity index (χ0) is 38.6. The van der Waals surface area contributed by atoms with E-state index in [1.807, 2.05) is 50.2 Å². The van der Waals surface area contributed by atoms with E-state index in [0.29, 0.717) is 24.3 Å². The number of carbonyl (C=O) groups excluding carboxylic acids is 2. The highest BCUT2D eigenvalue weighted by Crippen LogP contribution is 2.48. The summed E-state index contributed by atoms with van der Waals surface area (Å²) in [7, 11) is 0. The molecule has 4 nitrogen and oxygen atoms in total. The second kappa shape index (κ2) is 29.3. The van der Waals surface area contributed by atoms with Gasteiger partial charge in [-0.15, -0.1) is 0 Å². The number of hydrogen-bond acceptors (Lipinski definition) is 6. The molecule has 0 amide bonds. The molecule has 0 bridgehead atoms. The number of benzene rings is 2. The minimum absolute atomic E-state index is 0.168. The predicted molar refractivity (Wildman–Crippen MR) is 235 cm³/mol. The average Bonchev–Trinajstić information content (AvgIpc) is 3.18. The van der Waals surface area contributed by atoms with Gasteiger partial charge >= 0.3 is 11.9 Å². The summed E-state index contributed by atoms with van der Waals surface area (Å²) in [6.45, 7) is 8.33. The van der Waals surface area contributed by atoms with Crippen molar-refractivity contribution in [1.82, 2.24) is 0 Å². The molecule has 2 aromatic carbocycles. The summed E-state index contributed by atoms with van der Waals surface area (Å²) >= 11 is 4.86. The monoisotopic (exact) mass is 781 g/mol. The lowest BCUT2D eigenvalue weighted by Crippen LogP contribution is -2.36. The van der Waals surface area contributed by atoms with Crippen molar-refractivity contribution >= 4 is 35.5 Å². The van der Waals surface area contributed by atoms with Crippen molar-refractivity contribution in [2.75, 3.05) is 0 Å². The molecule has 3 rings (SSSR count). The van der Waals surface area contributed by atoms with Gasteiger partial charge in [-0.3, -0.25) is 9.59 Å². The first-order valence-electron chi connectivity index (χ1n) is 22.4. The molecule has 0 saturated carbocycles. The lowest BCUT2D eigenvalue weighted by Gasteiger charge is -2.41. The fourth-order valence-corrected chi connectivity index (χ4v) is 11.8. The molecule has 4 unspecified atom stereocenters. The molecule has 4 atom stereocenters. The summed E-state index contributed by atoms with van der Waals surface area (Å²) in [4.78, 5) is 23.4. The molecule has 0 aliphatic carbocycles. The van der Waals surface area contributed by atoms with Crippen molar-refractivity contribution < 1.29 is 19.1 Å². The molecule has 304 valence electrons. The Labute approximate surface area is 339 Å². The summed E-state index contributed by atoms with van der Waals surface area (Å²) in [5.74, 6) is 1.03. The molecule has 54 heavy (non-hydrogen) atoms. The van der Waals surface area contributed by atoms with Crippen LogP contribution < -0.4 is 9.47 Å². The van der Waals surface area contributed by atoms with Crippen molar-refractivity contribution in [3.05, 3.63) is 59.7 Å². The van der Waals surface area contributed by atoms with Gasteiger partial charge in [0.1, 0.15) is 11.5 Å². The molecule has 1 aliphatic rings. The molecule has 2 aromatic rings. The lowest BCUT2D eigenvalue weighted by molar-refractivity contribution is -0.134. The van der Waals surface area contributed by atoms with E-state index in [4.69, 9.17) is 9.47 Å². The van der Waals surface area contributed by atoms with Gasteiger partial charge in [-0.25, -0.2) is 0 Å². The van der Waals surface area contributed by atoms with Crippen LogP contribution in [0.1, 0.15) is 193 Å². The summed E-state index contributed by atoms with van der Waals surface area (Å²) in [5, 5.41) is 3.29. The van der Waals surface area contributed by atoms with Crippen molar-refractivity contribution in [2.45, 2.75) is 216 Å². The third kappa shape index (κ3) is 19.8. The zero-order valence-electron chi connectivity index (χ0n) is 34.8. The lowest BCUT2D eigenvalue weighted by atomic mass is 10.0. The first-order valence-corrected chi connectivity index (χ1v) is 24.2. The highest BCUT2D eigenvalue weighted by molar-refractivity contribution is 8.07. The van der Waals surface area contributed by atoms with Crippen LogP contribution in [0.15, 0.2) is 48.5 Å². The van der Waals surface area contributed by atoms with Gasteiger partial charge in [0.15, 0.2) is 0 Å². The molecule has 0 N–H and O–H groups in total. The predicted octanol–water partition coefficient (Wildman–Crippen LogP) is 14.7.